The summed E-state index contributed by atoms with van der Waals surface area (Å²) in [6, 6.07) is 16.1. The minimum atomic E-state index is -3.57. The number of para-hydroxylation sites is 2. The van der Waals surface area contributed by atoms with Crippen molar-refractivity contribution in [3.63, 3.8) is 0 Å². The minimum absolute atomic E-state index is 0.142. The number of carbonyl (C=O) groups is 1. The Morgan fingerprint density at radius 3 is 2.37 bits per heavy atom. The van der Waals surface area contributed by atoms with Gasteiger partial charge < -0.3 is 9.32 Å². The number of benzene rings is 2. The van der Waals surface area contributed by atoms with E-state index < -0.39 is 15.8 Å². The average molecular weight is 427 g/mol. The normalized spacial score (nSPS) is 15.8. The largest absolute Gasteiger partial charge is 0.420 e. The molecule has 0 radical (unpaired) electrons. The van der Waals surface area contributed by atoms with Gasteiger partial charge in [-0.3, -0.25) is 9.36 Å². The van der Waals surface area contributed by atoms with E-state index in [0.29, 0.717) is 11.1 Å². The van der Waals surface area contributed by atoms with Gasteiger partial charge in [0.05, 0.1) is 5.52 Å². The Balaban J connectivity index is 1.39. The van der Waals surface area contributed by atoms with Crippen molar-refractivity contribution >= 4 is 33.1 Å². The van der Waals surface area contributed by atoms with E-state index in [1.165, 1.54) is 14.3 Å². The summed E-state index contributed by atoms with van der Waals surface area (Å²) in [6.45, 7) is 0.794. The molecular weight excluding hydrogens is 406 g/mol. The van der Waals surface area contributed by atoms with E-state index in [2.05, 4.69) is 0 Å². The molecule has 0 aliphatic carbocycles. The van der Waals surface area contributed by atoms with Crippen LogP contribution in [0.4, 0.5) is 0 Å². The van der Waals surface area contributed by atoms with Gasteiger partial charge in [-0.1, -0.05) is 42.5 Å². The Bertz CT molecular complexity index is 1240. The molecule has 2 aromatic carbocycles. The van der Waals surface area contributed by atoms with Crippen molar-refractivity contribution in [1.82, 2.24) is 13.8 Å². The van der Waals surface area contributed by atoms with Gasteiger partial charge in [0.2, 0.25) is 15.9 Å². The molecule has 0 unspecified atom stereocenters. The number of fused-ring (bicyclic) bond motifs is 1. The molecule has 0 saturated carbocycles. The predicted octanol–water partition coefficient (Wildman–Crippen LogP) is 1.74. The highest BCUT2D eigenvalue weighted by atomic mass is 32.2. The molecule has 30 heavy (non-hydrogen) atoms. The summed E-state index contributed by atoms with van der Waals surface area (Å²) in [5, 5.41) is 1.19. The molecule has 2 heterocycles. The Kier molecular flexibility index (Phi) is 5.56. The predicted molar refractivity (Wildman–Crippen MR) is 113 cm³/mol. The number of sulfonamides is 1. The van der Waals surface area contributed by atoms with E-state index in [1.54, 1.807) is 35.2 Å². The zero-order valence-electron chi connectivity index (χ0n) is 16.2. The van der Waals surface area contributed by atoms with Gasteiger partial charge in [-0.25, -0.2) is 13.2 Å². The summed E-state index contributed by atoms with van der Waals surface area (Å²) in [7, 11) is -3.57. The number of nitrogens with zero attached hydrogens (tertiary/aromatic N) is 3. The lowest BCUT2D eigenvalue weighted by Crippen LogP contribution is -2.51. The fourth-order valence-corrected chi connectivity index (χ4v) is 4.58. The maximum Gasteiger partial charge on any atom is 0.420 e. The van der Waals surface area contributed by atoms with Crippen LogP contribution in [-0.4, -0.2) is 54.3 Å². The maximum atomic E-state index is 12.7. The van der Waals surface area contributed by atoms with Crippen LogP contribution in [0.3, 0.4) is 0 Å². The smallest absolute Gasteiger partial charge is 0.408 e. The molecule has 1 aliphatic heterocycles. The molecule has 0 bridgehead atoms. The van der Waals surface area contributed by atoms with Crippen LogP contribution >= 0.6 is 0 Å². The second kappa shape index (κ2) is 8.29. The molecule has 0 N–H and O–H groups in total. The molecule has 1 aromatic heterocycles. The second-order valence-electron chi connectivity index (χ2n) is 6.96. The van der Waals surface area contributed by atoms with Crippen molar-refractivity contribution < 1.29 is 17.6 Å². The first kappa shape index (κ1) is 20.1. The lowest BCUT2D eigenvalue weighted by Gasteiger charge is -2.33. The summed E-state index contributed by atoms with van der Waals surface area (Å²) in [4.78, 5) is 26.3. The number of aromatic nitrogens is 1. The molecule has 8 nitrogen and oxygen atoms in total. The van der Waals surface area contributed by atoms with Crippen LogP contribution < -0.4 is 5.76 Å². The highest BCUT2D eigenvalue weighted by Crippen LogP contribution is 2.14. The molecule has 4 rings (SSSR count). The Morgan fingerprint density at radius 1 is 0.967 bits per heavy atom. The number of hydrogen-bond acceptors (Lipinski definition) is 5. The highest BCUT2D eigenvalue weighted by Gasteiger charge is 2.28. The van der Waals surface area contributed by atoms with E-state index in [4.69, 9.17) is 4.42 Å². The first-order valence-corrected chi connectivity index (χ1v) is 11.0. The van der Waals surface area contributed by atoms with Crippen molar-refractivity contribution in [2.75, 3.05) is 26.2 Å². The Morgan fingerprint density at radius 2 is 1.63 bits per heavy atom. The van der Waals surface area contributed by atoms with E-state index in [-0.39, 0.29) is 38.6 Å². The molecule has 0 spiro atoms. The molecule has 9 heteroatoms. The van der Waals surface area contributed by atoms with Gasteiger partial charge in [-0.05, 0) is 23.8 Å². The zero-order valence-corrected chi connectivity index (χ0v) is 17.0. The average Bonchev–Trinajstić information content (AvgIpc) is 3.08. The quantitative estimate of drug-likeness (QED) is 0.618. The van der Waals surface area contributed by atoms with Crippen molar-refractivity contribution in [2.24, 2.45) is 0 Å². The number of rotatable bonds is 5. The van der Waals surface area contributed by atoms with E-state index in [1.807, 2.05) is 30.3 Å². The maximum absolute atomic E-state index is 12.7. The van der Waals surface area contributed by atoms with Crippen LogP contribution in [0, 0.1) is 0 Å². The minimum Gasteiger partial charge on any atom is -0.408 e. The SMILES string of the molecule is O=C(Cn1c(=O)oc2ccccc21)N1CCN(S(=O)(=O)C=Cc2ccccc2)CC1. The number of amides is 1. The zero-order chi connectivity index (χ0) is 21.1. The van der Waals surface area contributed by atoms with Crippen molar-refractivity contribution in [3.8, 4) is 0 Å². The van der Waals surface area contributed by atoms with Crippen LogP contribution in [-0.2, 0) is 21.4 Å². The highest BCUT2D eigenvalue weighted by molar-refractivity contribution is 7.92. The van der Waals surface area contributed by atoms with E-state index in [0.717, 1.165) is 5.56 Å². The summed E-state index contributed by atoms with van der Waals surface area (Å²) in [5.41, 5.74) is 1.78. The number of carbonyl (C=O) groups excluding carboxylic acids is 1. The fourth-order valence-electron chi connectivity index (χ4n) is 3.41. The molecule has 0 atom stereocenters. The molecule has 3 aromatic rings. The van der Waals surface area contributed by atoms with Crippen molar-refractivity contribution in [2.45, 2.75) is 6.54 Å². The Hall–Kier alpha value is -3.17. The first-order valence-electron chi connectivity index (χ1n) is 9.53. The molecule has 1 aliphatic rings. The van der Waals surface area contributed by atoms with Crippen LogP contribution in [0.1, 0.15) is 5.56 Å². The van der Waals surface area contributed by atoms with Crippen molar-refractivity contribution in [1.29, 1.82) is 0 Å². The molecular formula is C21H21N3O5S. The van der Waals surface area contributed by atoms with Crippen LogP contribution in [0.2, 0.25) is 0 Å². The number of hydrogen-bond donors (Lipinski definition) is 0. The third-order valence-electron chi connectivity index (χ3n) is 5.05. The van der Waals surface area contributed by atoms with Crippen LogP contribution in [0.15, 0.2) is 69.2 Å². The number of oxazole rings is 1. The topological polar surface area (TPSA) is 92.8 Å². The van der Waals surface area contributed by atoms with Crippen LogP contribution in [0.25, 0.3) is 17.2 Å². The molecule has 1 amide bonds. The third-order valence-corrected chi connectivity index (χ3v) is 6.62. The first-order chi connectivity index (χ1) is 14.4. The van der Waals surface area contributed by atoms with Gasteiger partial charge in [0.15, 0.2) is 5.58 Å². The van der Waals surface area contributed by atoms with Gasteiger partial charge >= 0.3 is 5.76 Å². The van der Waals surface area contributed by atoms with Gasteiger partial charge in [0, 0.05) is 31.6 Å². The number of piperazine rings is 1. The van der Waals surface area contributed by atoms with Gasteiger partial charge in [0.25, 0.3) is 0 Å². The monoisotopic (exact) mass is 427 g/mol. The van der Waals surface area contributed by atoms with Gasteiger partial charge in [0.1, 0.15) is 6.54 Å². The standard InChI is InChI=1S/C21H21N3O5S/c25-20(16-24-18-8-4-5-9-19(18)29-21(24)26)22-11-13-23(14-12-22)30(27,28)15-10-17-6-2-1-3-7-17/h1-10,15H,11-14,16H2. The fraction of sp³-hybridized carbons (Fsp3) is 0.238. The lowest BCUT2D eigenvalue weighted by atomic mass is 10.2. The van der Waals surface area contributed by atoms with Gasteiger partial charge in [-0.15, -0.1) is 0 Å². The second-order valence-corrected chi connectivity index (χ2v) is 8.78. The third kappa shape index (κ3) is 4.22. The Labute approximate surface area is 173 Å². The van der Waals surface area contributed by atoms with Gasteiger partial charge in [-0.2, -0.15) is 4.31 Å². The molecule has 1 fully saturated rings. The summed E-state index contributed by atoms with van der Waals surface area (Å²) >= 11 is 0. The lowest BCUT2D eigenvalue weighted by molar-refractivity contribution is -0.133. The summed E-state index contributed by atoms with van der Waals surface area (Å²) in [5.74, 6) is -0.836. The van der Waals surface area contributed by atoms with Crippen LogP contribution in [0.5, 0.6) is 0 Å². The molecule has 1 saturated heterocycles. The van der Waals surface area contributed by atoms with Crippen molar-refractivity contribution in [3.05, 3.63) is 76.1 Å². The summed E-state index contributed by atoms with van der Waals surface area (Å²) in [6.07, 6.45) is 1.56. The molecule has 156 valence electrons. The van der Waals surface area contributed by atoms with E-state index in [9.17, 15) is 18.0 Å². The van der Waals surface area contributed by atoms with E-state index >= 15 is 0 Å². The summed E-state index contributed by atoms with van der Waals surface area (Å²) < 4.78 is 32.9.